The van der Waals surface area contributed by atoms with Gasteiger partial charge >= 0.3 is 0 Å². The Hall–Kier alpha value is -4.04. The van der Waals surface area contributed by atoms with Crippen molar-refractivity contribution in [2.45, 2.75) is 19.3 Å². The van der Waals surface area contributed by atoms with Crippen LogP contribution in [-0.4, -0.2) is 7.85 Å². The van der Waals surface area contributed by atoms with Crippen LogP contribution in [0.25, 0.3) is 22.3 Å². The molecule has 0 saturated heterocycles. The highest BCUT2D eigenvalue weighted by atomic mass is 15.1. The van der Waals surface area contributed by atoms with Crippen LogP contribution < -0.4 is 10.4 Å². The Kier molecular flexibility index (Phi) is 5.11. The summed E-state index contributed by atoms with van der Waals surface area (Å²) >= 11 is 0. The third-order valence-corrected chi connectivity index (χ3v) is 7.23. The van der Waals surface area contributed by atoms with E-state index < -0.39 is 0 Å². The molecule has 0 aromatic heterocycles. The lowest BCUT2D eigenvalue weighted by Gasteiger charge is -2.27. The van der Waals surface area contributed by atoms with Gasteiger partial charge in [-0.15, -0.1) is 0 Å². The Bertz CT molecular complexity index is 1520. The Labute approximate surface area is 209 Å². The first-order valence-electron chi connectivity index (χ1n) is 12.1. The zero-order valence-electron chi connectivity index (χ0n) is 20.1. The molecular formula is C33H26BN. The number of nitrogens with zero attached hydrogens (tertiary/aromatic N) is 1. The highest BCUT2D eigenvalue weighted by Crippen LogP contribution is 2.49. The van der Waals surface area contributed by atoms with E-state index in [9.17, 15) is 0 Å². The molecular weight excluding hydrogens is 421 g/mol. The Morgan fingerprint density at radius 1 is 0.543 bits per heavy atom. The van der Waals surface area contributed by atoms with Crippen molar-refractivity contribution in [3.63, 3.8) is 0 Å². The molecule has 5 aromatic rings. The molecule has 0 saturated carbocycles. The summed E-state index contributed by atoms with van der Waals surface area (Å²) in [6, 6.07) is 42.8. The molecule has 0 atom stereocenters. The van der Waals surface area contributed by atoms with Gasteiger partial charge in [0.25, 0.3) is 0 Å². The molecule has 6 rings (SSSR count). The van der Waals surface area contributed by atoms with E-state index in [1.165, 1.54) is 33.4 Å². The van der Waals surface area contributed by atoms with Gasteiger partial charge < -0.3 is 4.90 Å². The van der Waals surface area contributed by atoms with Gasteiger partial charge in [-0.2, -0.15) is 0 Å². The van der Waals surface area contributed by atoms with E-state index in [1.54, 1.807) is 0 Å². The fourth-order valence-corrected chi connectivity index (χ4v) is 5.38. The average molecular weight is 447 g/mol. The third kappa shape index (κ3) is 3.57. The summed E-state index contributed by atoms with van der Waals surface area (Å²) in [7, 11) is 6.39. The SMILES string of the molecule is [B]c1ccccc1N(c1ccccc1)c1ccc(-c2ccc3c(c2)C(C)(C)c2ccccc2-3)cc1. The maximum absolute atomic E-state index is 6.39. The van der Waals surface area contributed by atoms with Gasteiger partial charge in [-0.1, -0.05) is 104 Å². The quantitative estimate of drug-likeness (QED) is 0.253. The summed E-state index contributed by atoms with van der Waals surface area (Å²) in [5, 5.41) is 0. The largest absolute Gasteiger partial charge is 0.311 e. The van der Waals surface area contributed by atoms with Crippen LogP contribution in [0.3, 0.4) is 0 Å². The van der Waals surface area contributed by atoms with E-state index in [0.29, 0.717) is 0 Å². The van der Waals surface area contributed by atoms with E-state index in [4.69, 9.17) is 7.85 Å². The molecule has 0 aliphatic heterocycles. The highest BCUT2D eigenvalue weighted by molar-refractivity contribution is 6.36. The zero-order valence-corrected chi connectivity index (χ0v) is 20.1. The van der Waals surface area contributed by atoms with Gasteiger partial charge in [0, 0.05) is 22.5 Å². The number of fused-ring (bicyclic) bond motifs is 3. The van der Waals surface area contributed by atoms with Crippen molar-refractivity contribution < 1.29 is 0 Å². The van der Waals surface area contributed by atoms with E-state index in [0.717, 1.165) is 22.5 Å². The molecule has 0 bridgehead atoms. The van der Waals surface area contributed by atoms with Crippen molar-refractivity contribution in [2.24, 2.45) is 0 Å². The second kappa shape index (κ2) is 8.32. The average Bonchev–Trinajstić information content (AvgIpc) is 3.13. The number of hydrogen-bond acceptors (Lipinski definition) is 1. The second-order valence-electron chi connectivity index (χ2n) is 9.71. The fraction of sp³-hybridized carbons (Fsp3) is 0.0909. The molecule has 2 heteroatoms. The molecule has 0 spiro atoms. The van der Waals surface area contributed by atoms with E-state index in [2.05, 4.69) is 116 Å². The summed E-state index contributed by atoms with van der Waals surface area (Å²) in [6.07, 6.45) is 0. The fourth-order valence-electron chi connectivity index (χ4n) is 5.38. The molecule has 35 heavy (non-hydrogen) atoms. The number of rotatable bonds is 4. The minimum Gasteiger partial charge on any atom is -0.311 e. The molecule has 1 nitrogen and oxygen atoms in total. The van der Waals surface area contributed by atoms with Crippen LogP contribution in [0, 0.1) is 0 Å². The molecule has 166 valence electrons. The van der Waals surface area contributed by atoms with Gasteiger partial charge in [-0.05, 0) is 69.8 Å². The van der Waals surface area contributed by atoms with Crippen molar-refractivity contribution in [2.75, 3.05) is 4.90 Å². The van der Waals surface area contributed by atoms with E-state index in [-0.39, 0.29) is 5.41 Å². The topological polar surface area (TPSA) is 3.24 Å². The van der Waals surface area contributed by atoms with Crippen molar-refractivity contribution in [1.82, 2.24) is 0 Å². The van der Waals surface area contributed by atoms with Crippen LogP contribution in [0.5, 0.6) is 0 Å². The molecule has 0 N–H and O–H groups in total. The van der Waals surface area contributed by atoms with Gasteiger partial charge in [0.05, 0.1) is 0 Å². The van der Waals surface area contributed by atoms with Crippen LogP contribution in [0.15, 0.2) is 121 Å². The number of hydrogen-bond donors (Lipinski definition) is 0. The lowest BCUT2D eigenvalue weighted by atomic mass is 9.81. The first-order valence-corrected chi connectivity index (χ1v) is 12.1. The summed E-state index contributed by atoms with van der Waals surface area (Å²) in [4.78, 5) is 2.21. The smallest absolute Gasteiger partial charge is 0.116 e. The minimum absolute atomic E-state index is 0.00315. The Balaban J connectivity index is 1.40. The first-order chi connectivity index (χ1) is 17.0. The highest BCUT2D eigenvalue weighted by Gasteiger charge is 2.35. The standard InChI is InChI=1S/C33H26BN/c1-33(2)29-13-7-6-12-27(29)28-21-18-24(22-30(28)33)23-16-19-26(20-17-23)35(25-10-4-3-5-11-25)32-15-9-8-14-31(32)34/h3-22H,1-2H3. The molecule has 1 aliphatic carbocycles. The van der Waals surface area contributed by atoms with Crippen LogP contribution in [0.1, 0.15) is 25.0 Å². The molecule has 1 aliphatic rings. The van der Waals surface area contributed by atoms with E-state index in [1.807, 2.05) is 24.3 Å². The van der Waals surface area contributed by atoms with Crippen molar-refractivity contribution in [3.05, 3.63) is 132 Å². The Morgan fingerprint density at radius 3 is 1.91 bits per heavy atom. The predicted molar refractivity (Wildman–Crippen MR) is 150 cm³/mol. The summed E-state index contributed by atoms with van der Waals surface area (Å²) < 4.78 is 0. The second-order valence-corrected chi connectivity index (χ2v) is 9.71. The normalized spacial score (nSPS) is 13.2. The van der Waals surface area contributed by atoms with Crippen LogP contribution in [0.4, 0.5) is 17.1 Å². The first kappa shape index (κ1) is 21.5. The lowest BCUT2D eigenvalue weighted by molar-refractivity contribution is 0.660. The van der Waals surface area contributed by atoms with Crippen LogP contribution in [0.2, 0.25) is 0 Å². The van der Waals surface area contributed by atoms with Crippen LogP contribution >= 0.6 is 0 Å². The number of benzene rings is 5. The van der Waals surface area contributed by atoms with Gasteiger partial charge in [-0.3, -0.25) is 0 Å². The van der Waals surface area contributed by atoms with Crippen molar-refractivity contribution >= 4 is 30.4 Å². The predicted octanol–water partition coefficient (Wildman–Crippen LogP) is 7.92. The van der Waals surface area contributed by atoms with Gasteiger partial charge in [0.1, 0.15) is 7.85 Å². The third-order valence-electron chi connectivity index (χ3n) is 7.23. The van der Waals surface area contributed by atoms with Gasteiger partial charge in [-0.25, -0.2) is 0 Å². The van der Waals surface area contributed by atoms with Gasteiger partial charge in [0.15, 0.2) is 0 Å². The van der Waals surface area contributed by atoms with E-state index >= 15 is 0 Å². The summed E-state index contributed by atoms with van der Waals surface area (Å²) in [5.41, 5.74) is 11.8. The summed E-state index contributed by atoms with van der Waals surface area (Å²) in [5.74, 6) is 0. The zero-order chi connectivity index (χ0) is 24.0. The van der Waals surface area contributed by atoms with Crippen molar-refractivity contribution in [3.8, 4) is 22.3 Å². The summed E-state index contributed by atoms with van der Waals surface area (Å²) in [6.45, 7) is 4.65. The molecule has 5 aromatic carbocycles. The molecule has 0 unspecified atom stereocenters. The minimum atomic E-state index is -0.00315. The van der Waals surface area contributed by atoms with Gasteiger partial charge in [0.2, 0.25) is 0 Å². The Morgan fingerprint density at radius 2 is 1.14 bits per heavy atom. The van der Waals surface area contributed by atoms with Crippen molar-refractivity contribution in [1.29, 1.82) is 0 Å². The molecule has 0 fully saturated rings. The molecule has 2 radical (unpaired) electrons. The maximum atomic E-state index is 6.39. The molecule has 0 heterocycles. The van der Waals surface area contributed by atoms with Crippen LogP contribution in [-0.2, 0) is 5.41 Å². The maximum Gasteiger partial charge on any atom is 0.116 e. The number of para-hydroxylation sites is 2. The monoisotopic (exact) mass is 447 g/mol. The number of anilines is 3. The lowest BCUT2D eigenvalue weighted by Crippen LogP contribution is -2.18. The molecule has 0 amide bonds.